The number of hydrogen-bond acceptors (Lipinski definition) is 5. The minimum atomic E-state index is -1.68. The van der Waals surface area contributed by atoms with Crippen LogP contribution in [0.2, 0.25) is 0 Å². The van der Waals surface area contributed by atoms with Crippen molar-refractivity contribution in [3.8, 4) is 0 Å². The highest BCUT2D eigenvalue weighted by Gasteiger charge is 2.29. The maximum Gasteiger partial charge on any atom is 0.196 e. The molecule has 0 saturated carbocycles. The van der Waals surface area contributed by atoms with Gasteiger partial charge in [0.1, 0.15) is 11.2 Å². The molecule has 0 heterocycles. The first kappa shape index (κ1) is 20.7. The zero-order chi connectivity index (χ0) is 19.1. The van der Waals surface area contributed by atoms with E-state index in [9.17, 15) is 19.8 Å². The molecule has 25 heavy (non-hydrogen) atoms. The molecule has 0 aromatic heterocycles. The van der Waals surface area contributed by atoms with Crippen LogP contribution in [0.1, 0.15) is 41.5 Å². The number of rotatable bonds is 5. The van der Waals surface area contributed by atoms with Crippen molar-refractivity contribution >= 4 is 11.6 Å². The second kappa shape index (κ2) is 8.67. The van der Waals surface area contributed by atoms with Crippen LogP contribution in [0.15, 0.2) is 60.7 Å². The first-order chi connectivity index (χ1) is 11.6. The van der Waals surface area contributed by atoms with E-state index < -0.39 is 23.6 Å². The third-order valence-corrected chi connectivity index (χ3v) is 3.42. The molecule has 2 aromatic rings. The Bertz CT molecular complexity index is 685. The summed E-state index contributed by atoms with van der Waals surface area (Å²) < 4.78 is 0. The van der Waals surface area contributed by atoms with E-state index >= 15 is 0 Å². The van der Waals surface area contributed by atoms with Gasteiger partial charge in [-0.2, -0.15) is 0 Å². The van der Waals surface area contributed by atoms with Crippen LogP contribution in [0.25, 0.3) is 0 Å². The van der Waals surface area contributed by atoms with Crippen molar-refractivity contribution in [1.29, 1.82) is 0 Å². The van der Waals surface area contributed by atoms with Crippen LogP contribution in [0, 0.1) is 0 Å². The Kier molecular flexibility index (Phi) is 7.18. The van der Waals surface area contributed by atoms with Crippen molar-refractivity contribution in [2.24, 2.45) is 0 Å². The molecule has 0 radical (unpaired) electrons. The molecule has 134 valence electrons. The highest BCUT2D eigenvalue weighted by molar-refractivity contribution is 6.02. The van der Waals surface area contributed by atoms with Crippen LogP contribution in [-0.2, 0) is 0 Å². The average molecular weight is 344 g/mol. The van der Waals surface area contributed by atoms with Gasteiger partial charge in [0.05, 0.1) is 6.61 Å². The van der Waals surface area contributed by atoms with Crippen LogP contribution in [0.3, 0.4) is 0 Å². The molecule has 0 spiro atoms. The highest BCUT2D eigenvalue weighted by atomic mass is 16.3. The van der Waals surface area contributed by atoms with Crippen molar-refractivity contribution in [2.45, 2.75) is 32.0 Å². The minimum Gasteiger partial charge on any atom is -0.393 e. The van der Waals surface area contributed by atoms with E-state index in [2.05, 4.69) is 0 Å². The topological polar surface area (TPSA) is 94.8 Å². The van der Waals surface area contributed by atoms with Gasteiger partial charge >= 0.3 is 0 Å². The summed E-state index contributed by atoms with van der Waals surface area (Å²) in [4.78, 5) is 22.9. The molecule has 5 heteroatoms. The van der Waals surface area contributed by atoms with Gasteiger partial charge in [0, 0.05) is 11.1 Å². The molecule has 0 fully saturated rings. The van der Waals surface area contributed by atoms with Crippen molar-refractivity contribution in [2.75, 3.05) is 6.61 Å². The molecule has 3 N–H and O–H groups in total. The lowest BCUT2D eigenvalue weighted by Gasteiger charge is -2.18. The molecule has 0 aliphatic heterocycles. The molecule has 0 amide bonds. The fourth-order valence-electron chi connectivity index (χ4n) is 1.92. The third kappa shape index (κ3) is 6.23. The summed E-state index contributed by atoms with van der Waals surface area (Å²) in [6, 6.07) is 17.2. The summed E-state index contributed by atoms with van der Waals surface area (Å²) in [6.07, 6.45) is 0. The molecule has 0 aliphatic rings. The lowest BCUT2D eigenvalue weighted by atomic mass is 9.96. The first-order valence-electron chi connectivity index (χ1n) is 7.85. The van der Waals surface area contributed by atoms with E-state index in [1.54, 1.807) is 54.6 Å². The number of benzene rings is 2. The number of aliphatic hydroxyl groups is 3. The van der Waals surface area contributed by atoms with Gasteiger partial charge in [-0.05, 0) is 20.8 Å². The third-order valence-electron chi connectivity index (χ3n) is 3.42. The summed E-state index contributed by atoms with van der Waals surface area (Å²) in [5.41, 5.74) is -2.01. The maximum absolute atomic E-state index is 11.5. The highest BCUT2D eigenvalue weighted by Crippen LogP contribution is 2.12. The Hall–Kier alpha value is -2.34. The molecule has 5 nitrogen and oxygen atoms in total. The predicted molar refractivity (Wildman–Crippen MR) is 95.6 cm³/mol. The van der Waals surface area contributed by atoms with Gasteiger partial charge in [0.2, 0.25) is 0 Å². The molecular formula is C20H24O5. The van der Waals surface area contributed by atoms with E-state index in [1.165, 1.54) is 20.8 Å². The maximum atomic E-state index is 11.5. The van der Waals surface area contributed by atoms with Gasteiger partial charge in [-0.25, -0.2) is 0 Å². The number of aliphatic hydroxyl groups excluding tert-OH is 1. The summed E-state index contributed by atoms with van der Waals surface area (Å²) in [6.45, 7) is 3.70. The summed E-state index contributed by atoms with van der Waals surface area (Å²) in [5, 5.41) is 27.6. The fraction of sp³-hybridized carbons (Fsp3) is 0.300. The normalized spacial score (nSPS) is 13.2. The number of ketones is 2. The molecule has 2 rings (SSSR count). The van der Waals surface area contributed by atoms with E-state index in [1.807, 2.05) is 6.07 Å². The van der Waals surface area contributed by atoms with Gasteiger partial charge < -0.3 is 15.3 Å². The van der Waals surface area contributed by atoms with Crippen LogP contribution < -0.4 is 0 Å². The van der Waals surface area contributed by atoms with Crippen LogP contribution in [0.4, 0.5) is 0 Å². The Labute approximate surface area is 147 Å². The molecule has 0 aliphatic carbocycles. The van der Waals surface area contributed by atoms with Gasteiger partial charge in [-0.15, -0.1) is 0 Å². The quantitative estimate of drug-likeness (QED) is 0.723. The summed E-state index contributed by atoms with van der Waals surface area (Å²) in [5.74, 6) is -0.710. The lowest BCUT2D eigenvalue weighted by molar-refractivity contribution is 0.00991. The number of hydrogen-bond donors (Lipinski definition) is 3. The number of carbonyl (C=O) groups excluding carboxylic acids is 2. The minimum absolute atomic E-state index is 0.247. The van der Waals surface area contributed by atoms with E-state index in [0.29, 0.717) is 11.1 Å². The standard InChI is InChI=1S/C10H12O3.C10H12O2/c1-10(13,7-11)9(12)8-5-3-2-4-6-8;1-10(2,12)9(11)8-6-4-3-5-7-8/h2-6,11,13H,7H2,1H3;3-7,12H,1-2H3. The van der Waals surface area contributed by atoms with Gasteiger partial charge in [-0.1, -0.05) is 60.7 Å². The predicted octanol–water partition coefficient (Wildman–Crippen LogP) is 2.25. The van der Waals surface area contributed by atoms with Crippen LogP contribution in [0.5, 0.6) is 0 Å². The smallest absolute Gasteiger partial charge is 0.196 e. The SMILES string of the molecule is CC(C)(O)C(=O)c1ccccc1.CC(O)(CO)C(=O)c1ccccc1. The summed E-state index contributed by atoms with van der Waals surface area (Å²) >= 11 is 0. The van der Waals surface area contributed by atoms with E-state index in [4.69, 9.17) is 5.11 Å². The largest absolute Gasteiger partial charge is 0.393 e. The Morgan fingerprint density at radius 2 is 1.12 bits per heavy atom. The molecular weight excluding hydrogens is 320 g/mol. The van der Waals surface area contributed by atoms with E-state index in [0.717, 1.165) is 0 Å². The second-order valence-electron chi connectivity index (χ2n) is 6.38. The first-order valence-corrected chi connectivity index (χ1v) is 7.85. The average Bonchev–Trinajstić information content (AvgIpc) is 2.61. The monoisotopic (exact) mass is 344 g/mol. The zero-order valence-electron chi connectivity index (χ0n) is 14.6. The fourth-order valence-corrected chi connectivity index (χ4v) is 1.92. The van der Waals surface area contributed by atoms with Crippen molar-refractivity contribution < 1.29 is 24.9 Å². The second-order valence-corrected chi connectivity index (χ2v) is 6.38. The number of Topliss-reactive ketones (excluding diaryl/α,β-unsaturated/α-hetero) is 2. The molecule has 1 unspecified atom stereocenters. The Balaban J connectivity index is 0.000000251. The van der Waals surface area contributed by atoms with Gasteiger partial charge in [0.25, 0.3) is 0 Å². The van der Waals surface area contributed by atoms with Crippen LogP contribution in [-0.4, -0.2) is 44.7 Å². The molecule has 0 bridgehead atoms. The van der Waals surface area contributed by atoms with Crippen molar-refractivity contribution in [1.82, 2.24) is 0 Å². The van der Waals surface area contributed by atoms with Crippen molar-refractivity contribution in [3.05, 3.63) is 71.8 Å². The molecule has 0 saturated heterocycles. The Morgan fingerprint density at radius 3 is 1.44 bits per heavy atom. The summed E-state index contributed by atoms with van der Waals surface area (Å²) in [7, 11) is 0. The lowest BCUT2D eigenvalue weighted by Crippen LogP contribution is -2.38. The van der Waals surface area contributed by atoms with Crippen LogP contribution >= 0.6 is 0 Å². The van der Waals surface area contributed by atoms with Gasteiger partial charge in [-0.3, -0.25) is 9.59 Å². The molecule has 2 aromatic carbocycles. The zero-order valence-corrected chi connectivity index (χ0v) is 14.6. The number of carbonyl (C=O) groups is 2. The van der Waals surface area contributed by atoms with Crippen molar-refractivity contribution in [3.63, 3.8) is 0 Å². The molecule has 1 atom stereocenters. The van der Waals surface area contributed by atoms with E-state index in [-0.39, 0.29) is 5.78 Å². The van der Waals surface area contributed by atoms with Gasteiger partial charge in [0.15, 0.2) is 11.6 Å². The Morgan fingerprint density at radius 1 is 0.760 bits per heavy atom.